The van der Waals surface area contributed by atoms with Gasteiger partial charge in [0.2, 0.25) is 0 Å². The predicted molar refractivity (Wildman–Crippen MR) is 76.1 cm³/mol. The molecule has 2 heterocycles. The minimum absolute atomic E-state index is 0.242. The number of aromatic nitrogens is 2. The van der Waals surface area contributed by atoms with E-state index in [-0.39, 0.29) is 5.91 Å². The number of nitrogens with two attached hydrogens (primary N) is 1. The molecule has 0 aliphatic rings. The van der Waals surface area contributed by atoms with Gasteiger partial charge in [-0.2, -0.15) is 0 Å². The second kappa shape index (κ2) is 5.54. The maximum atomic E-state index is 11.5. The van der Waals surface area contributed by atoms with Crippen molar-refractivity contribution in [1.29, 1.82) is 0 Å². The summed E-state index contributed by atoms with van der Waals surface area (Å²) in [5.41, 5.74) is 3.29. The van der Waals surface area contributed by atoms with Gasteiger partial charge in [-0.3, -0.25) is 10.2 Å². The first-order chi connectivity index (χ1) is 9.02. The van der Waals surface area contributed by atoms with Crippen molar-refractivity contribution in [3.8, 4) is 0 Å². The Hall–Kier alpha value is -1.66. The zero-order chi connectivity index (χ0) is 14.0. The van der Waals surface area contributed by atoms with Crippen LogP contribution in [0.4, 0.5) is 0 Å². The minimum Gasteiger partial charge on any atom is -0.330 e. The summed E-state index contributed by atoms with van der Waals surface area (Å²) in [7, 11) is 0. The Morgan fingerprint density at radius 2 is 2.32 bits per heavy atom. The highest BCUT2D eigenvalue weighted by atomic mass is 32.1. The van der Waals surface area contributed by atoms with Crippen LogP contribution < -0.4 is 11.3 Å². The topological polar surface area (TPSA) is 72.9 Å². The fourth-order valence-electron chi connectivity index (χ4n) is 2.00. The number of hydrogen-bond acceptors (Lipinski definition) is 4. The van der Waals surface area contributed by atoms with E-state index in [0.29, 0.717) is 10.8 Å². The highest BCUT2D eigenvalue weighted by Crippen LogP contribution is 2.23. The van der Waals surface area contributed by atoms with Gasteiger partial charge in [-0.15, -0.1) is 11.3 Å². The molecule has 102 valence electrons. The summed E-state index contributed by atoms with van der Waals surface area (Å²) in [5.74, 6) is 6.34. The first-order valence-electron chi connectivity index (χ1n) is 6.14. The zero-order valence-electron chi connectivity index (χ0n) is 11.3. The van der Waals surface area contributed by atoms with Crippen molar-refractivity contribution in [2.45, 2.75) is 33.2 Å². The number of hydrazine groups is 1. The molecule has 6 heteroatoms. The Labute approximate surface area is 116 Å². The Morgan fingerprint density at radius 3 is 2.95 bits per heavy atom. The SMILES string of the molecule is Cc1sc(C(=O)NN)cc1Cn1ccnc1C(C)C. The lowest BCUT2D eigenvalue weighted by Crippen LogP contribution is -2.29. The van der Waals surface area contributed by atoms with Crippen molar-refractivity contribution < 1.29 is 4.79 Å². The minimum atomic E-state index is -0.242. The van der Waals surface area contributed by atoms with Gasteiger partial charge in [0.15, 0.2) is 0 Å². The maximum absolute atomic E-state index is 11.5. The van der Waals surface area contributed by atoms with Crippen LogP contribution in [0, 0.1) is 6.92 Å². The molecule has 2 aromatic rings. The van der Waals surface area contributed by atoms with E-state index in [9.17, 15) is 4.79 Å². The summed E-state index contributed by atoms with van der Waals surface area (Å²) in [6.45, 7) is 6.98. The Balaban J connectivity index is 2.26. The van der Waals surface area contributed by atoms with E-state index < -0.39 is 0 Å². The number of thiophene rings is 1. The van der Waals surface area contributed by atoms with E-state index >= 15 is 0 Å². The van der Waals surface area contributed by atoms with Gasteiger partial charge in [0.1, 0.15) is 5.82 Å². The van der Waals surface area contributed by atoms with Crippen LogP contribution in [-0.2, 0) is 6.54 Å². The quantitative estimate of drug-likeness (QED) is 0.510. The number of amides is 1. The molecule has 0 aliphatic heterocycles. The molecule has 0 saturated heterocycles. The third-order valence-corrected chi connectivity index (χ3v) is 4.07. The number of nitrogen functional groups attached to an aromatic ring is 1. The van der Waals surface area contributed by atoms with Gasteiger partial charge in [-0.1, -0.05) is 13.8 Å². The molecule has 0 radical (unpaired) electrons. The van der Waals surface area contributed by atoms with Crippen LogP contribution in [0.2, 0.25) is 0 Å². The highest BCUT2D eigenvalue weighted by molar-refractivity contribution is 7.14. The van der Waals surface area contributed by atoms with E-state index in [1.54, 1.807) is 0 Å². The fourth-order valence-corrected chi connectivity index (χ4v) is 2.94. The average Bonchev–Trinajstić information content (AvgIpc) is 2.96. The standard InChI is InChI=1S/C13H18N4OS/c1-8(2)12-15-4-5-17(12)7-10-6-11(13(18)16-14)19-9(10)3/h4-6,8H,7,14H2,1-3H3,(H,16,18). The lowest BCUT2D eigenvalue weighted by atomic mass is 10.2. The third-order valence-electron chi connectivity index (χ3n) is 2.98. The summed E-state index contributed by atoms with van der Waals surface area (Å²) in [4.78, 5) is 17.6. The molecule has 2 rings (SSSR count). The summed E-state index contributed by atoms with van der Waals surface area (Å²) in [6, 6.07) is 1.90. The molecule has 0 bridgehead atoms. The van der Waals surface area contributed by atoms with Gasteiger partial charge < -0.3 is 4.57 Å². The zero-order valence-corrected chi connectivity index (χ0v) is 12.1. The number of rotatable bonds is 4. The molecule has 0 fully saturated rings. The second-order valence-corrected chi connectivity index (χ2v) is 5.99. The molecule has 0 aromatic carbocycles. The average molecular weight is 278 g/mol. The second-order valence-electron chi connectivity index (χ2n) is 4.73. The van der Waals surface area contributed by atoms with E-state index in [0.717, 1.165) is 22.8 Å². The lowest BCUT2D eigenvalue weighted by molar-refractivity contribution is 0.0957. The molecule has 3 N–H and O–H groups in total. The molecule has 1 amide bonds. The number of imidazole rings is 1. The highest BCUT2D eigenvalue weighted by Gasteiger charge is 2.13. The molecule has 2 aromatic heterocycles. The summed E-state index contributed by atoms with van der Waals surface area (Å²) >= 11 is 1.46. The summed E-state index contributed by atoms with van der Waals surface area (Å²) in [5, 5.41) is 0. The van der Waals surface area contributed by atoms with Crippen LogP contribution in [0.5, 0.6) is 0 Å². The van der Waals surface area contributed by atoms with Gasteiger partial charge in [0.05, 0.1) is 4.88 Å². The van der Waals surface area contributed by atoms with Gasteiger partial charge in [0.25, 0.3) is 5.91 Å². The maximum Gasteiger partial charge on any atom is 0.275 e. The number of carbonyl (C=O) groups excluding carboxylic acids is 1. The number of hydrogen-bond donors (Lipinski definition) is 2. The molecular formula is C13H18N4OS. The van der Waals surface area contributed by atoms with E-state index in [1.807, 2.05) is 25.4 Å². The number of nitrogens with zero attached hydrogens (tertiary/aromatic N) is 2. The normalized spacial score (nSPS) is 11.0. The summed E-state index contributed by atoms with van der Waals surface area (Å²) in [6.07, 6.45) is 3.78. The van der Waals surface area contributed by atoms with Crippen LogP contribution in [0.15, 0.2) is 18.5 Å². The van der Waals surface area contributed by atoms with Crippen molar-refractivity contribution in [2.24, 2.45) is 5.84 Å². The van der Waals surface area contributed by atoms with Crippen molar-refractivity contribution in [3.63, 3.8) is 0 Å². The number of aryl methyl sites for hydroxylation is 1. The van der Waals surface area contributed by atoms with Gasteiger partial charge >= 0.3 is 0 Å². The third kappa shape index (κ3) is 2.85. The van der Waals surface area contributed by atoms with E-state index in [1.165, 1.54) is 11.3 Å². The Morgan fingerprint density at radius 1 is 1.58 bits per heavy atom. The van der Waals surface area contributed by atoms with Crippen LogP contribution in [0.3, 0.4) is 0 Å². The smallest absolute Gasteiger partial charge is 0.275 e. The van der Waals surface area contributed by atoms with Crippen molar-refractivity contribution >= 4 is 17.2 Å². The van der Waals surface area contributed by atoms with Crippen molar-refractivity contribution in [2.75, 3.05) is 0 Å². The van der Waals surface area contributed by atoms with Crippen LogP contribution >= 0.6 is 11.3 Å². The van der Waals surface area contributed by atoms with Crippen LogP contribution in [-0.4, -0.2) is 15.5 Å². The molecule has 0 aliphatic carbocycles. The van der Waals surface area contributed by atoms with Gasteiger partial charge in [-0.25, -0.2) is 10.8 Å². The number of nitrogens with one attached hydrogen (secondary N) is 1. The molecule has 19 heavy (non-hydrogen) atoms. The molecule has 0 spiro atoms. The predicted octanol–water partition coefficient (Wildman–Crippen LogP) is 2.03. The van der Waals surface area contributed by atoms with Crippen LogP contribution in [0.25, 0.3) is 0 Å². The molecule has 0 atom stereocenters. The van der Waals surface area contributed by atoms with Crippen molar-refractivity contribution in [3.05, 3.63) is 39.6 Å². The van der Waals surface area contributed by atoms with Crippen LogP contribution in [0.1, 0.15) is 45.7 Å². The molecule has 0 unspecified atom stereocenters. The Bertz CT molecular complexity index is 585. The Kier molecular flexibility index (Phi) is 4.01. The molecule has 5 nitrogen and oxygen atoms in total. The fraction of sp³-hybridized carbons (Fsp3) is 0.385. The summed E-state index contributed by atoms with van der Waals surface area (Å²) < 4.78 is 2.11. The monoisotopic (exact) mass is 278 g/mol. The van der Waals surface area contributed by atoms with E-state index in [4.69, 9.17) is 5.84 Å². The first kappa shape index (κ1) is 13.8. The first-order valence-corrected chi connectivity index (χ1v) is 6.95. The molecular weight excluding hydrogens is 260 g/mol. The largest absolute Gasteiger partial charge is 0.330 e. The van der Waals surface area contributed by atoms with Gasteiger partial charge in [0, 0.05) is 29.7 Å². The number of carbonyl (C=O) groups is 1. The van der Waals surface area contributed by atoms with Crippen molar-refractivity contribution in [1.82, 2.24) is 15.0 Å². The molecule has 0 saturated carbocycles. The van der Waals surface area contributed by atoms with E-state index in [2.05, 4.69) is 28.8 Å². The lowest BCUT2D eigenvalue weighted by Gasteiger charge is -2.09. The van der Waals surface area contributed by atoms with Gasteiger partial charge in [-0.05, 0) is 18.6 Å².